The molecule has 0 spiro atoms. The summed E-state index contributed by atoms with van der Waals surface area (Å²) < 4.78 is 4.75. The first-order chi connectivity index (χ1) is 7.29. The lowest BCUT2D eigenvalue weighted by Crippen LogP contribution is -2.17. The molecule has 1 amide bonds. The minimum Gasteiger partial charge on any atom is -0.375 e. The summed E-state index contributed by atoms with van der Waals surface area (Å²) in [6.45, 7) is 0.105. The second kappa shape index (κ2) is 4.45. The van der Waals surface area contributed by atoms with Gasteiger partial charge in [0.05, 0.1) is 0 Å². The van der Waals surface area contributed by atoms with E-state index in [0.29, 0.717) is 5.92 Å². The average Bonchev–Trinajstić information content (AvgIpc) is 3.01. The molecule has 2 rings (SSSR count). The van der Waals surface area contributed by atoms with Crippen LogP contribution in [0.3, 0.4) is 0 Å². The highest BCUT2D eigenvalue weighted by Gasteiger charge is 2.23. The van der Waals surface area contributed by atoms with Gasteiger partial charge in [0.15, 0.2) is 0 Å². The first kappa shape index (κ1) is 10.2. The summed E-state index contributed by atoms with van der Waals surface area (Å²) >= 11 is 0. The maximum Gasteiger partial charge on any atom is 0.250 e. The number of carbonyl (C=O) groups is 1. The van der Waals surface area contributed by atoms with Crippen LogP contribution >= 0.6 is 0 Å². The van der Waals surface area contributed by atoms with E-state index in [1.165, 1.54) is 25.5 Å². The third-order valence-electron chi connectivity index (χ3n) is 2.49. The van der Waals surface area contributed by atoms with Gasteiger partial charge in [-0.2, -0.15) is 0 Å². The summed E-state index contributed by atoms with van der Waals surface area (Å²) in [4.78, 5) is 11.3. The molecule has 0 unspecified atom stereocenters. The molecule has 0 aliphatic heterocycles. The number of hydrogen-bond acceptors (Lipinski definition) is 2. The van der Waals surface area contributed by atoms with Crippen molar-refractivity contribution in [2.24, 2.45) is 0 Å². The number of carbonyl (C=O) groups excluding carboxylic acids is 1. The number of methoxy groups -OCH3 is 1. The lowest BCUT2D eigenvalue weighted by Gasteiger charge is -2.06. The Morgan fingerprint density at radius 3 is 3.00 bits per heavy atom. The summed E-state index contributed by atoms with van der Waals surface area (Å²) in [5.74, 6) is 0.606. The van der Waals surface area contributed by atoms with Crippen LogP contribution in [-0.2, 0) is 9.53 Å². The standard InChI is InChI=1S/C12H15NO2/c1-15-8-12(14)13-11-4-2-3-10(7-11)9-5-6-9/h2-4,7,9H,5-6,8H2,1H3,(H,13,14). The zero-order valence-corrected chi connectivity index (χ0v) is 8.82. The average molecular weight is 205 g/mol. The van der Waals surface area contributed by atoms with Crippen LogP contribution in [0.1, 0.15) is 24.3 Å². The number of hydrogen-bond donors (Lipinski definition) is 1. The molecule has 80 valence electrons. The Kier molecular flexibility index (Phi) is 3.02. The van der Waals surface area contributed by atoms with Gasteiger partial charge >= 0.3 is 0 Å². The molecule has 3 heteroatoms. The van der Waals surface area contributed by atoms with Gasteiger partial charge in [0.1, 0.15) is 6.61 Å². The van der Waals surface area contributed by atoms with Gasteiger partial charge < -0.3 is 10.1 Å². The molecule has 1 fully saturated rings. The number of nitrogens with one attached hydrogen (secondary N) is 1. The van der Waals surface area contributed by atoms with Crippen LogP contribution in [0, 0.1) is 0 Å². The van der Waals surface area contributed by atoms with Crippen LogP contribution in [0.25, 0.3) is 0 Å². The van der Waals surface area contributed by atoms with Crippen molar-refractivity contribution in [3.05, 3.63) is 29.8 Å². The maximum absolute atomic E-state index is 11.3. The Morgan fingerprint density at radius 1 is 1.53 bits per heavy atom. The molecule has 0 aromatic heterocycles. The van der Waals surface area contributed by atoms with E-state index in [-0.39, 0.29) is 12.5 Å². The molecule has 0 bridgehead atoms. The van der Waals surface area contributed by atoms with Crippen molar-refractivity contribution in [1.29, 1.82) is 0 Å². The van der Waals surface area contributed by atoms with Gasteiger partial charge in [0.25, 0.3) is 0 Å². The number of amides is 1. The van der Waals surface area contributed by atoms with Gasteiger partial charge in [-0.3, -0.25) is 4.79 Å². The van der Waals surface area contributed by atoms with Crippen molar-refractivity contribution in [3.8, 4) is 0 Å². The molecule has 1 aromatic rings. The first-order valence-electron chi connectivity index (χ1n) is 5.18. The van der Waals surface area contributed by atoms with Gasteiger partial charge in [-0.15, -0.1) is 0 Å². The van der Waals surface area contributed by atoms with E-state index in [9.17, 15) is 4.79 Å². The molecule has 0 atom stereocenters. The molecule has 0 radical (unpaired) electrons. The fourth-order valence-corrected chi connectivity index (χ4v) is 1.62. The topological polar surface area (TPSA) is 38.3 Å². The van der Waals surface area contributed by atoms with E-state index in [1.807, 2.05) is 18.2 Å². The molecule has 1 N–H and O–H groups in total. The van der Waals surface area contributed by atoms with Crippen molar-refractivity contribution in [3.63, 3.8) is 0 Å². The SMILES string of the molecule is COCC(=O)Nc1cccc(C2CC2)c1. The minimum absolute atomic E-state index is 0.105. The molecule has 1 aliphatic rings. The largest absolute Gasteiger partial charge is 0.375 e. The summed E-state index contributed by atoms with van der Waals surface area (Å²) in [6.07, 6.45) is 2.55. The summed E-state index contributed by atoms with van der Waals surface area (Å²) in [6, 6.07) is 8.05. The third-order valence-corrected chi connectivity index (χ3v) is 2.49. The lowest BCUT2D eigenvalue weighted by atomic mass is 10.1. The van der Waals surface area contributed by atoms with Gasteiger partial charge in [-0.25, -0.2) is 0 Å². The second-order valence-corrected chi connectivity index (χ2v) is 3.88. The Morgan fingerprint density at radius 2 is 2.33 bits per heavy atom. The van der Waals surface area contributed by atoms with E-state index in [1.54, 1.807) is 0 Å². The van der Waals surface area contributed by atoms with E-state index in [4.69, 9.17) is 4.74 Å². The Labute approximate surface area is 89.4 Å². The lowest BCUT2D eigenvalue weighted by molar-refractivity contribution is -0.119. The monoisotopic (exact) mass is 205 g/mol. The molecule has 0 heterocycles. The van der Waals surface area contributed by atoms with Gasteiger partial charge in [0, 0.05) is 12.8 Å². The van der Waals surface area contributed by atoms with Crippen LogP contribution in [0.5, 0.6) is 0 Å². The fourth-order valence-electron chi connectivity index (χ4n) is 1.62. The van der Waals surface area contributed by atoms with Crippen LogP contribution in [0.15, 0.2) is 24.3 Å². The van der Waals surface area contributed by atoms with E-state index in [0.717, 1.165) is 5.69 Å². The second-order valence-electron chi connectivity index (χ2n) is 3.88. The molecule has 0 saturated heterocycles. The van der Waals surface area contributed by atoms with E-state index < -0.39 is 0 Å². The van der Waals surface area contributed by atoms with E-state index in [2.05, 4.69) is 11.4 Å². The molecule has 1 saturated carbocycles. The predicted octanol–water partition coefficient (Wildman–Crippen LogP) is 2.15. The van der Waals surface area contributed by atoms with Crippen LogP contribution in [0.2, 0.25) is 0 Å². The minimum atomic E-state index is -0.106. The van der Waals surface area contributed by atoms with E-state index >= 15 is 0 Å². The molecular formula is C12H15NO2. The maximum atomic E-state index is 11.3. The Hall–Kier alpha value is -1.35. The fraction of sp³-hybridized carbons (Fsp3) is 0.417. The van der Waals surface area contributed by atoms with Crippen molar-refractivity contribution >= 4 is 11.6 Å². The van der Waals surface area contributed by atoms with Crippen molar-refractivity contribution in [2.75, 3.05) is 19.0 Å². The quantitative estimate of drug-likeness (QED) is 0.817. The number of ether oxygens (including phenoxy) is 1. The highest BCUT2D eigenvalue weighted by Crippen LogP contribution is 2.40. The van der Waals surface area contributed by atoms with Crippen molar-refractivity contribution in [1.82, 2.24) is 0 Å². The predicted molar refractivity (Wildman–Crippen MR) is 58.9 cm³/mol. The van der Waals surface area contributed by atoms with Crippen LogP contribution < -0.4 is 5.32 Å². The van der Waals surface area contributed by atoms with Gasteiger partial charge in [0.2, 0.25) is 5.91 Å². The summed E-state index contributed by atoms with van der Waals surface area (Å²) in [7, 11) is 1.51. The van der Waals surface area contributed by atoms with Crippen molar-refractivity contribution in [2.45, 2.75) is 18.8 Å². The normalized spacial score (nSPS) is 15.0. The molecule has 15 heavy (non-hydrogen) atoms. The Balaban J connectivity index is 2.01. The zero-order chi connectivity index (χ0) is 10.7. The summed E-state index contributed by atoms with van der Waals surface area (Å²) in [5, 5.41) is 2.80. The molecule has 1 aliphatic carbocycles. The number of anilines is 1. The van der Waals surface area contributed by atoms with Crippen molar-refractivity contribution < 1.29 is 9.53 Å². The van der Waals surface area contributed by atoms with Gasteiger partial charge in [-0.1, -0.05) is 12.1 Å². The highest BCUT2D eigenvalue weighted by molar-refractivity contribution is 5.91. The molecule has 3 nitrogen and oxygen atoms in total. The first-order valence-corrected chi connectivity index (χ1v) is 5.18. The van der Waals surface area contributed by atoms with Crippen LogP contribution in [0.4, 0.5) is 5.69 Å². The third kappa shape index (κ3) is 2.80. The zero-order valence-electron chi connectivity index (χ0n) is 8.82. The summed E-state index contributed by atoms with van der Waals surface area (Å²) in [5.41, 5.74) is 2.19. The number of rotatable bonds is 4. The number of benzene rings is 1. The molecule has 1 aromatic carbocycles. The smallest absolute Gasteiger partial charge is 0.250 e. The Bertz CT molecular complexity index is 358. The highest BCUT2D eigenvalue weighted by atomic mass is 16.5. The van der Waals surface area contributed by atoms with Crippen LogP contribution in [-0.4, -0.2) is 19.6 Å². The molecular weight excluding hydrogens is 190 g/mol. The van der Waals surface area contributed by atoms with Gasteiger partial charge in [-0.05, 0) is 36.5 Å².